The van der Waals surface area contributed by atoms with Crippen molar-refractivity contribution < 1.29 is 4.52 Å². The Bertz CT molecular complexity index is 1070. The Kier molecular flexibility index (Phi) is 4.72. The predicted octanol–water partition coefficient (Wildman–Crippen LogP) is 3.93. The van der Waals surface area contributed by atoms with Crippen LogP contribution in [0.25, 0.3) is 17.2 Å². The van der Waals surface area contributed by atoms with Crippen LogP contribution in [0.15, 0.2) is 52.3 Å². The van der Waals surface area contributed by atoms with Crippen molar-refractivity contribution in [3.05, 3.63) is 65.4 Å². The fourth-order valence-electron chi connectivity index (χ4n) is 2.83. The number of thioether (sulfide) groups is 1. The third kappa shape index (κ3) is 3.61. The van der Waals surface area contributed by atoms with Gasteiger partial charge < -0.3 is 4.52 Å². The molecule has 0 radical (unpaired) electrons. The second kappa shape index (κ2) is 7.32. The van der Waals surface area contributed by atoms with E-state index in [-0.39, 0.29) is 0 Å². The molecule has 0 aliphatic heterocycles. The SMILES string of the molecule is Cc1ccc(-n2c(SCc3noc(C)n3)nnc2-c2ccccn2)c(C)c1. The normalized spacial score (nSPS) is 11.1. The van der Waals surface area contributed by atoms with Crippen molar-refractivity contribution >= 4 is 11.8 Å². The monoisotopic (exact) mass is 378 g/mol. The lowest BCUT2D eigenvalue weighted by Crippen LogP contribution is -2.03. The maximum absolute atomic E-state index is 5.05. The van der Waals surface area contributed by atoms with Crippen LogP contribution in [0, 0.1) is 20.8 Å². The van der Waals surface area contributed by atoms with E-state index >= 15 is 0 Å². The van der Waals surface area contributed by atoms with Crippen LogP contribution in [0.1, 0.15) is 22.8 Å². The molecule has 0 fully saturated rings. The zero-order valence-electron chi connectivity index (χ0n) is 15.2. The zero-order chi connectivity index (χ0) is 18.8. The van der Waals surface area contributed by atoms with Crippen molar-refractivity contribution in [1.29, 1.82) is 0 Å². The highest BCUT2D eigenvalue weighted by atomic mass is 32.2. The molecule has 3 aromatic heterocycles. The summed E-state index contributed by atoms with van der Waals surface area (Å²) in [6.07, 6.45) is 1.76. The number of nitrogens with zero attached hydrogens (tertiary/aromatic N) is 6. The van der Waals surface area contributed by atoms with E-state index in [4.69, 9.17) is 4.52 Å². The summed E-state index contributed by atoms with van der Waals surface area (Å²) in [5, 5.41) is 13.5. The van der Waals surface area contributed by atoms with Gasteiger partial charge in [0.1, 0.15) is 5.69 Å². The summed E-state index contributed by atoms with van der Waals surface area (Å²) in [6.45, 7) is 5.94. The van der Waals surface area contributed by atoms with E-state index in [1.807, 2.05) is 22.8 Å². The van der Waals surface area contributed by atoms with Crippen LogP contribution in [-0.2, 0) is 5.75 Å². The van der Waals surface area contributed by atoms with Crippen molar-refractivity contribution in [1.82, 2.24) is 29.9 Å². The van der Waals surface area contributed by atoms with E-state index in [9.17, 15) is 0 Å². The largest absolute Gasteiger partial charge is 0.340 e. The molecule has 4 rings (SSSR count). The summed E-state index contributed by atoms with van der Waals surface area (Å²) in [4.78, 5) is 8.70. The summed E-state index contributed by atoms with van der Waals surface area (Å²) in [5.74, 6) is 2.43. The second-order valence-corrected chi connectivity index (χ2v) is 7.11. The van der Waals surface area contributed by atoms with E-state index in [0.717, 1.165) is 22.1 Å². The van der Waals surface area contributed by atoms with Crippen molar-refractivity contribution in [2.45, 2.75) is 31.7 Å². The highest BCUT2D eigenvalue weighted by Gasteiger charge is 2.19. The second-order valence-electron chi connectivity index (χ2n) is 6.16. The summed E-state index contributed by atoms with van der Waals surface area (Å²) < 4.78 is 7.08. The Morgan fingerprint density at radius 3 is 2.67 bits per heavy atom. The average molecular weight is 378 g/mol. The molecule has 0 atom stereocenters. The Hall–Kier alpha value is -3.00. The lowest BCUT2D eigenvalue weighted by Gasteiger charge is -2.13. The number of aromatic nitrogens is 6. The Balaban J connectivity index is 1.78. The van der Waals surface area contributed by atoms with Gasteiger partial charge in [0.25, 0.3) is 0 Å². The number of aryl methyl sites for hydroxylation is 3. The summed E-state index contributed by atoms with van der Waals surface area (Å²) >= 11 is 1.51. The highest BCUT2D eigenvalue weighted by Crippen LogP contribution is 2.30. The van der Waals surface area contributed by atoms with Gasteiger partial charge in [-0.1, -0.05) is 40.7 Å². The van der Waals surface area contributed by atoms with Crippen LogP contribution in [0.2, 0.25) is 0 Å². The minimum atomic E-state index is 0.544. The summed E-state index contributed by atoms with van der Waals surface area (Å²) in [5.41, 5.74) is 4.15. The van der Waals surface area contributed by atoms with Gasteiger partial charge in [0.2, 0.25) is 5.89 Å². The number of rotatable bonds is 5. The van der Waals surface area contributed by atoms with Gasteiger partial charge in [0.05, 0.1) is 11.4 Å². The Morgan fingerprint density at radius 1 is 1.07 bits per heavy atom. The van der Waals surface area contributed by atoms with Crippen LogP contribution in [0.4, 0.5) is 0 Å². The minimum absolute atomic E-state index is 0.544. The van der Waals surface area contributed by atoms with Crippen molar-refractivity contribution in [3.8, 4) is 17.2 Å². The van der Waals surface area contributed by atoms with Crippen molar-refractivity contribution in [2.24, 2.45) is 0 Å². The van der Waals surface area contributed by atoms with Crippen LogP contribution < -0.4 is 0 Å². The quantitative estimate of drug-likeness (QED) is 0.487. The van der Waals surface area contributed by atoms with Gasteiger partial charge in [0.15, 0.2) is 16.8 Å². The fraction of sp³-hybridized carbons (Fsp3) is 0.211. The predicted molar refractivity (Wildman–Crippen MR) is 103 cm³/mol. The minimum Gasteiger partial charge on any atom is -0.340 e. The van der Waals surface area contributed by atoms with Crippen molar-refractivity contribution in [2.75, 3.05) is 0 Å². The first-order chi connectivity index (χ1) is 13.1. The van der Waals surface area contributed by atoms with Crippen molar-refractivity contribution in [3.63, 3.8) is 0 Å². The van der Waals surface area contributed by atoms with Crippen LogP contribution in [0.5, 0.6) is 0 Å². The number of pyridine rings is 1. The van der Waals surface area contributed by atoms with Crippen LogP contribution in [-0.4, -0.2) is 29.9 Å². The molecule has 27 heavy (non-hydrogen) atoms. The first-order valence-electron chi connectivity index (χ1n) is 8.48. The van der Waals surface area contributed by atoms with Gasteiger partial charge in [-0.2, -0.15) is 4.98 Å². The zero-order valence-corrected chi connectivity index (χ0v) is 16.1. The molecule has 7 nitrogen and oxygen atoms in total. The third-order valence-electron chi connectivity index (χ3n) is 4.02. The smallest absolute Gasteiger partial charge is 0.223 e. The molecule has 0 spiro atoms. The maximum Gasteiger partial charge on any atom is 0.223 e. The van der Waals surface area contributed by atoms with Gasteiger partial charge in [-0.25, -0.2) is 0 Å². The first-order valence-corrected chi connectivity index (χ1v) is 9.47. The van der Waals surface area contributed by atoms with Gasteiger partial charge in [-0.3, -0.25) is 9.55 Å². The maximum atomic E-state index is 5.05. The fourth-order valence-corrected chi connectivity index (χ4v) is 3.61. The van der Waals surface area contributed by atoms with E-state index in [0.29, 0.717) is 23.3 Å². The van der Waals surface area contributed by atoms with E-state index in [1.165, 1.54) is 17.3 Å². The molecule has 3 heterocycles. The van der Waals surface area contributed by atoms with Crippen LogP contribution >= 0.6 is 11.8 Å². The molecule has 8 heteroatoms. The van der Waals surface area contributed by atoms with Gasteiger partial charge in [-0.15, -0.1) is 10.2 Å². The van der Waals surface area contributed by atoms with Gasteiger partial charge >= 0.3 is 0 Å². The third-order valence-corrected chi connectivity index (χ3v) is 4.95. The van der Waals surface area contributed by atoms with Crippen LogP contribution in [0.3, 0.4) is 0 Å². The molecule has 136 valence electrons. The first kappa shape index (κ1) is 17.4. The summed E-state index contributed by atoms with van der Waals surface area (Å²) in [7, 11) is 0. The number of benzene rings is 1. The number of hydrogen-bond acceptors (Lipinski definition) is 7. The molecule has 0 aliphatic carbocycles. The molecule has 4 aromatic rings. The molecule has 0 unspecified atom stereocenters. The molecule has 0 bridgehead atoms. The molecule has 1 aromatic carbocycles. The standard InChI is InChI=1S/C19H18N6OS/c1-12-7-8-16(13(2)10-12)25-18(15-6-4-5-9-20-15)22-23-19(25)27-11-17-21-14(3)26-24-17/h4-10H,11H2,1-3H3. The average Bonchev–Trinajstić information content (AvgIpc) is 3.27. The molecule has 0 saturated carbocycles. The highest BCUT2D eigenvalue weighted by molar-refractivity contribution is 7.98. The number of hydrogen-bond donors (Lipinski definition) is 0. The van der Waals surface area contributed by atoms with Gasteiger partial charge in [0, 0.05) is 13.1 Å². The lowest BCUT2D eigenvalue weighted by atomic mass is 10.1. The molecule has 0 saturated heterocycles. The molecule has 0 aliphatic rings. The summed E-state index contributed by atoms with van der Waals surface area (Å²) in [6, 6.07) is 12.1. The topological polar surface area (TPSA) is 82.5 Å². The van der Waals surface area contributed by atoms with E-state index < -0.39 is 0 Å². The van der Waals surface area contributed by atoms with Gasteiger partial charge in [-0.05, 0) is 37.6 Å². The molecule has 0 N–H and O–H groups in total. The molecule has 0 amide bonds. The van der Waals surface area contributed by atoms with E-state index in [1.54, 1.807) is 13.1 Å². The molecular formula is C19H18N6OS. The molecular weight excluding hydrogens is 360 g/mol. The Labute approximate surface area is 160 Å². The Morgan fingerprint density at radius 2 is 1.96 bits per heavy atom. The van der Waals surface area contributed by atoms with E-state index in [2.05, 4.69) is 57.4 Å². The lowest BCUT2D eigenvalue weighted by molar-refractivity contribution is 0.389.